The number of sulfonamides is 1. The third kappa shape index (κ3) is 6.03. The molecule has 112 valence electrons. The molecule has 0 spiro atoms. The molecule has 0 fully saturated rings. The van der Waals surface area contributed by atoms with Crippen LogP contribution in [-0.2, 0) is 22.3 Å². The van der Waals surface area contributed by atoms with Crippen molar-refractivity contribution in [1.82, 2.24) is 10.0 Å². The summed E-state index contributed by atoms with van der Waals surface area (Å²) in [5, 5.41) is 3.00. The second-order valence-corrected chi connectivity index (χ2v) is 6.71. The van der Waals surface area contributed by atoms with Gasteiger partial charge in [-0.05, 0) is 32.0 Å². The Morgan fingerprint density at radius 3 is 2.30 bits per heavy atom. The van der Waals surface area contributed by atoms with Crippen LogP contribution in [0.25, 0.3) is 0 Å². The summed E-state index contributed by atoms with van der Waals surface area (Å²) in [6, 6.07) is 7.52. The number of nitrogens with one attached hydrogen (secondary N) is 2. The highest BCUT2D eigenvalue weighted by Gasteiger charge is 2.07. The summed E-state index contributed by atoms with van der Waals surface area (Å²) in [6.07, 6.45) is 0. The van der Waals surface area contributed by atoms with E-state index in [0.29, 0.717) is 12.5 Å². The summed E-state index contributed by atoms with van der Waals surface area (Å²) in [7, 11) is -1.83. The Hall–Kier alpha value is -1.60. The van der Waals surface area contributed by atoms with Crippen LogP contribution in [0.15, 0.2) is 29.3 Å². The van der Waals surface area contributed by atoms with Crippen molar-refractivity contribution >= 4 is 16.0 Å². The lowest BCUT2D eigenvalue weighted by Crippen LogP contribution is -2.36. The molecule has 1 rings (SSSR count). The number of nitrogens with two attached hydrogens (primary N) is 1. The van der Waals surface area contributed by atoms with Gasteiger partial charge in [0.1, 0.15) is 0 Å². The van der Waals surface area contributed by atoms with Gasteiger partial charge in [0.05, 0.1) is 12.3 Å². The van der Waals surface area contributed by atoms with Gasteiger partial charge < -0.3 is 11.1 Å². The van der Waals surface area contributed by atoms with Crippen LogP contribution in [0.3, 0.4) is 0 Å². The summed E-state index contributed by atoms with van der Waals surface area (Å²) in [5.74, 6) is 0.381. The zero-order valence-corrected chi connectivity index (χ0v) is 12.9. The monoisotopic (exact) mass is 298 g/mol. The molecular formula is C13H22N4O2S. The normalized spacial score (nSPS) is 12.7. The molecule has 4 N–H and O–H groups in total. The van der Waals surface area contributed by atoms with Gasteiger partial charge in [-0.2, -0.15) is 0 Å². The molecule has 0 aliphatic rings. The summed E-state index contributed by atoms with van der Waals surface area (Å²) in [4.78, 5) is 4.21. The van der Waals surface area contributed by atoms with Crippen molar-refractivity contribution < 1.29 is 8.42 Å². The molecule has 0 saturated carbocycles. The van der Waals surface area contributed by atoms with Crippen LogP contribution in [0.5, 0.6) is 0 Å². The first kappa shape index (κ1) is 16.5. The number of hydrogen-bond acceptors (Lipinski definition) is 3. The average Bonchev–Trinajstić information content (AvgIpc) is 2.37. The Balaban J connectivity index is 2.63. The molecule has 0 heterocycles. The van der Waals surface area contributed by atoms with Crippen LogP contribution in [0.4, 0.5) is 0 Å². The highest BCUT2D eigenvalue weighted by molar-refractivity contribution is 7.88. The summed E-state index contributed by atoms with van der Waals surface area (Å²) in [6.45, 7) is 4.43. The Kier molecular flexibility index (Phi) is 5.97. The van der Waals surface area contributed by atoms with Gasteiger partial charge in [0, 0.05) is 6.04 Å². The van der Waals surface area contributed by atoms with Crippen molar-refractivity contribution in [2.45, 2.75) is 32.2 Å². The van der Waals surface area contributed by atoms with Gasteiger partial charge in [0.25, 0.3) is 0 Å². The zero-order valence-electron chi connectivity index (χ0n) is 12.1. The van der Waals surface area contributed by atoms with Crippen LogP contribution in [0.2, 0.25) is 0 Å². The van der Waals surface area contributed by atoms with Crippen molar-refractivity contribution in [3.05, 3.63) is 35.4 Å². The van der Waals surface area contributed by atoms with E-state index in [1.165, 1.54) is 7.05 Å². The number of rotatable bonds is 6. The van der Waals surface area contributed by atoms with Crippen LogP contribution < -0.4 is 15.8 Å². The number of benzene rings is 1. The van der Waals surface area contributed by atoms with Crippen molar-refractivity contribution in [3.63, 3.8) is 0 Å². The lowest BCUT2D eigenvalue weighted by molar-refractivity contribution is 0.587. The van der Waals surface area contributed by atoms with E-state index in [-0.39, 0.29) is 11.8 Å². The van der Waals surface area contributed by atoms with E-state index in [9.17, 15) is 8.42 Å². The molecule has 0 aromatic heterocycles. The second kappa shape index (κ2) is 7.25. The number of aliphatic imine (C=N–C) groups is 1. The fraction of sp³-hybridized carbons (Fsp3) is 0.462. The van der Waals surface area contributed by atoms with E-state index in [2.05, 4.69) is 15.0 Å². The Labute approximate surface area is 120 Å². The number of nitrogens with zero attached hydrogens (tertiary/aromatic N) is 1. The van der Waals surface area contributed by atoms with Gasteiger partial charge in [0.2, 0.25) is 10.0 Å². The summed E-state index contributed by atoms with van der Waals surface area (Å²) >= 11 is 0. The first-order chi connectivity index (χ1) is 9.32. The number of hydrogen-bond donors (Lipinski definition) is 3. The fourth-order valence-corrected chi connectivity index (χ4v) is 2.33. The smallest absolute Gasteiger partial charge is 0.215 e. The zero-order chi connectivity index (χ0) is 15.2. The van der Waals surface area contributed by atoms with Crippen LogP contribution in [0, 0.1) is 0 Å². The minimum Gasteiger partial charge on any atom is -0.370 e. The predicted molar refractivity (Wildman–Crippen MR) is 81.7 cm³/mol. The van der Waals surface area contributed by atoms with E-state index < -0.39 is 10.0 Å². The molecule has 0 atom stereocenters. The van der Waals surface area contributed by atoms with Gasteiger partial charge >= 0.3 is 0 Å². The molecular weight excluding hydrogens is 276 g/mol. The van der Waals surface area contributed by atoms with E-state index in [0.717, 1.165) is 11.1 Å². The van der Waals surface area contributed by atoms with Gasteiger partial charge in [-0.15, -0.1) is 0 Å². The van der Waals surface area contributed by atoms with Crippen molar-refractivity contribution in [1.29, 1.82) is 0 Å². The summed E-state index contributed by atoms with van der Waals surface area (Å²) < 4.78 is 25.1. The van der Waals surface area contributed by atoms with Crippen molar-refractivity contribution in [2.75, 3.05) is 7.05 Å². The van der Waals surface area contributed by atoms with E-state index in [1.807, 2.05) is 26.0 Å². The molecule has 0 aliphatic heterocycles. The maximum absolute atomic E-state index is 11.4. The van der Waals surface area contributed by atoms with Gasteiger partial charge in [0.15, 0.2) is 5.96 Å². The quantitative estimate of drug-likeness (QED) is 0.528. The molecule has 0 saturated heterocycles. The highest BCUT2D eigenvalue weighted by Crippen LogP contribution is 2.08. The molecule has 1 aromatic rings. The Bertz CT molecular complexity index is 550. The lowest BCUT2D eigenvalue weighted by atomic mass is 10.1. The third-order valence-electron chi connectivity index (χ3n) is 2.56. The number of guanidine groups is 1. The van der Waals surface area contributed by atoms with Crippen LogP contribution in [-0.4, -0.2) is 27.5 Å². The molecule has 0 radical (unpaired) electrons. The van der Waals surface area contributed by atoms with Gasteiger partial charge in [-0.1, -0.05) is 24.3 Å². The third-order valence-corrected chi connectivity index (χ3v) is 3.89. The van der Waals surface area contributed by atoms with E-state index in [4.69, 9.17) is 5.73 Å². The van der Waals surface area contributed by atoms with E-state index >= 15 is 0 Å². The SMILES string of the molecule is CNS(=O)(=O)Cc1ccc(CN=C(N)NC(C)C)cc1. The van der Waals surface area contributed by atoms with Gasteiger partial charge in [-0.25, -0.2) is 18.1 Å². The molecule has 0 amide bonds. The van der Waals surface area contributed by atoms with Crippen molar-refractivity contribution in [3.8, 4) is 0 Å². The van der Waals surface area contributed by atoms with Crippen molar-refractivity contribution in [2.24, 2.45) is 10.7 Å². The van der Waals surface area contributed by atoms with E-state index in [1.54, 1.807) is 12.1 Å². The highest BCUT2D eigenvalue weighted by atomic mass is 32.2. The minimum absolute atomic E-state index is 0.0237. The molecule has 0 aliphatic carbocycles. The first-order valence-electron chi connectivity index (χ1n) is 6.38. The standard InChI is InChI=1S/C13H22N4O2S/c1-10(2)17-13(14)16-8-11-4-6-12(7-5-11)9-20(18,19)15-3/h4-7,10,15H,8-9H2,1-3H3,(H3,14,16,17). The molecule has 0 unspecified atom stereocenters. The fourth-order valence-electron chi connectivity index (χ4n) is 1.55. The molecule has 1 aromatic carbocycles. The van der Waals surface area contributed by atoms with Crippen LogP contribution in [0.1, 0.15) is 25.0 Å². The molecule has 0 bridgehead atoms. The Morgan fingerprint density at radius 2 is 1.80 bits per heavy atom. The maximum Gasteiger partial charge on any atom is 0.215 e. The topological polar surface area (TPSA) is 96.6 Å². The van der Waals surface area contributed by atoms with Crippen LogP contribution >= 0.6 is 0 Å². The lowest BCUT2D eigenvalue weighted by Gasteiger charge is -2.08. The predicted octanol–water partition coefficient (Wildman–Crippen LogP) is 0.549. The van der Waals surface area contributed by atoms with Gasteiger partial charge in [-0.3, -0.25) is 0 Å². The first-order valence-corrected chi connectivity index (χ1v) is 8.03. The average molecular weight is 298 g/mol. The Morgan fingerprint density at radius 1 is 1.25 bits per heavy atom. The largest absolute Gasteiger partial charge is 0.370 e. The minimum atomic E-state index is -3.23. The molecule has 7 heteroatoms. The molecule has 20 heavy (non-hydrogen) atoms. The maximum atomic E-state index is 11.4. The second-order valence-electron chi connectivity index (χ2n) is 4.78. The molecule has 6 nitrogen and oxygen atoms in total. The summed E-state index contributed by atoms with van der Waals surface area (Å²) in [5.41, 5.74) is 7.42.